The molecule has 0 aliphatic rings. The van der Waals surface area contributed by atoms with Crippen molar-refractivity contribution in [2.24, 2.45) is 5.92 Å². The summed E-state index contributed by atoms with van der Waals surface area (Å²) in [7, 11) is 0.118. The molecule has 0 fully saturated rings. The fraction of sp³-hybridized carbons (Fsp3) is 0.320. The molecule has 170 valence electrons. The lowest BCUT2D eigenvalue weighted by atomic mass is 10.0. The van der Waals surface area contributed by atoms with Gasteiger partial charge >= 0.3 is 0 Å². The van der Waals surface area contributed by atoms with Gasteiger partial charge in [-0.3, -0.25) is 4.79 Å². The molecular weight excluding hydrogens is 422 g/mol. The Labute approximate surface area is 190 Å². The minimum atomic E-state index is -3.87. The molecule has 0 saturated heterocycles. The number of carbonyl (C=O) groups is 1. The normalized spacial score (nSPS) is 12.9. The summed E-state index contributed by atoms with van der Waals surface area (Å²) in [5.74, 6) is -0.564. The fourth-order valence-electron chi connectivity index (χ4n) is 3.58. The summed E-state index contributed by atoms with van der Waals surface area (Å²) in [4.78, 5) is 15.2. The third-order valence-corrected chi connectivity index (χ3v) is 6.76. The molecule has 0 aliphatic carbocycles. The van der Waals surface area contributed by atoms with Crippen LogP contribution in [0.1, 0.15) is 25.0 Å². The van der Waals surface area contributed by atoms with E-state index in [1.54, 1.807) is 18.2 Å². The first-order chi connectivity index (χ1) is 15.2. The maximum Gasteiger partial charge on any atom is 0.241 e. The number of hydrogen-bond donors (Lipinski definition) is 2. The molecule has 3 aromatic carbocycles. The molecule has 6 nitrogen and oxygen atoms in total. The first kappa shape index (κ1) is 23.9. The van der Waals surface area contributed by atoms with Gasteiger partial charge in [0.25, 0.3) is 0 Å². The Balaban J connectivity index is 1.75. The molecule has 1 atom stereocenters. The van der Waals surface area contributed by atoms with E-state index < -0.39 is 16.1 Å². The van der Waals surface area contributed by atoms with Gasteiger partial charge in [0.15, 0.2) is 0 Å². The van der Waals surface area contributed by atoms with Gasteiger partial charge in [0.2, 0.25) is 15.9 Å². The molecule has 2 N–H and O–H groups in total. The van der Waals surface area contributed by atoms with Gasteiger partial charge in [0.05, 0.1) is 4.90 Å². The van der Waals surface area contributed by atoms with E-state index in [1.165, 1.54) is 0 Å². The van der Waals surface area contributed by atoms with Crippen LogP contribution in [0.4, 0.5) is 0 Å². The van der Waals surface area contributed by atoms with E-state index in [1.807, 2.05) is 76.5 Å². The average molecular weight is 454 g/mol. The van der Waals surface area contributed by atoms with Crippen molar-refractivity contribution in [3.63, 3.8) is 0 Å². The lowest BCUT2D eigenvalue weighted by Crippen LogP contribution is -2.49. The Morgan fingerprint density at radius 3 is 2.19 bits per heavy atom. The lowest BCUT2D eigenvalue weighted by molar-refractivity contribution is -0.123. The van der Waals surface area contributed by atoms with E-state index in [-0.39, 0.29) is 16.7 Å². The predicted molar refractivity (Wildman–Crippen MR) is 129 cm³/mol. The van der Waals surface area contributed by atoms with Crippen molar-refractivity contribution >= 4 is 26.7 Å². The van der Waals surface area contributed by atoms with Gasteiger partial charge in [0, 0.05) is 13.1 Å². The first-order valence-corrected chi connectivity index (χ1v) is 12.2. The summed E-state index contributed by atoms with van der Waals surface area (Å²) in [6.45, 7) is 4.75. The number of rotatable bonds is 9. The Hall–Kier alpha value is -2.74. The number of benzene rings is 3. The van der Waals surface area contributed by atoms with Crippen LogP contribution < -0.4 is 10.0 Å². The molecule has 7 heteroatoms. The molecule has 3 aromatic rings. The lowest BCUT2D eigenvalue weighted by Gasteiger charge is -2.22. The Morgan fingerprint density at radius 2 is 1.53 bits per heavy atom. The minimum Gasteiger partial charge on any atom is -0.351 e. The molecule has 1 amide bonds. The fourth-order valence-corrected chi connectivity index (χ4v) is 4.96. The third-order valence-electron chi connectivity index (χ3n) is 5.32. The van der Waals surface area contributed by atoms with Crippen LogP contribution in [0.15, 0.2) is 71.6 Å². The van der Waals surface area contributed by atoms with Crippen LogP contribution >= 0.6 is 0 Å². The monoisotopic (exact) mass is 453 g/mol. The van der Waals surface area contributed by atoms with Crippen molar-refractivity contribution < 1.29 is 13.2 Å². The highest BCUT2D eigenvalue weighted by atomic mass is 32.2. The molecule has 0 spiro atoms. The van der Waals surface area contributed by atoms with Crippen molar-refractivity contribution in [1.29, 1.82) is 0 Å². The molecule has 0 heterocycles. The zero-order valence-electron chi connectivity index (χ0n) is 19.0. The number of nitrogens with zero attached hydrogens (tertiary/aromatic N) is 1. The Morgan fingerprint density at radius 1 is 0.906 bits per heavy atom. The van der Waals surface area contributed by atoms with Gasteiger partial charge in [-0.2, -0.15) is 4.72 Å². The van der Waals surface area contributed by atoms with Crippen LogP contribution in [0.25, 0.3) is 10.8 Å². The van der Waals surface area contributed by atoms with Gasteiger partial charge in [-0.25, -0.2) is 8.42 Å². The number of nitrogens with one attached hydrogen (secondary N) is 2. The second-order valence-electron chi connectivity index (χ2n) is 8.58. The Bertz CT molecular complexity index is 1190. The van der Waals surface area contributed by atoms with Gasteiger partial charge in [-0.1, -0.05) is 68.4 Å². The maximum absolute atomic E-state index is 13.0. The number of carbonyl (C=O) groups excluding carboxylic acids is 1. The maximum atomic E-state index is 13.0. The summed E-state index contributed by atoms with van der Waals surface area (Å²) in [5, 5.41) is 4.70. The zero-order valence-corrected chi connectivity index (χ0v) is 19.8. The standard InChI is InChI=1S/C25H31N3O3S/c1-18(2)24(25(29)26-16-21-11-7-8-12-22(21)17-28(3)4)27-32(30,31)23-14-13-19-9-5-6-10-20(19)15-23/h5-15,18,24,27H,16-17H2,1-4H3,(H,26,29)/t24-/m1/s1. The number of hydrogen-bond acceptors (Lipinski definition) is 4. The minimum absolute atomic E-state index is 0.144. The molecular formula is C25H31N3O3S. The van der Waals surface area contributed by atoms with Crippen LogP contribution in [0.5, 0.6) is 0 Å². The molecule has 32 heavy (non-hydrogen) atoms. The molecule has 3 rings (SSSR count). The highest BCUT2D eigenvalue weighted by Gasteiger charge is 2.28. The average Bonchev–Trinajstić information content (AvgIpc) is 2.75. The SMILES string of the molecule is CC(C)[C@@H](NS(=O)(=O)c1ccc2ccccc2c1)C(=O)NCc1ccccc1CN(C)C. The van der Waals surface area contributed by atoms with Crippen LogP contribution in [-0.2, 0) is 27.9 Å². The van der Waals surface area contributed by atoms with E-state index in [4.69, 9.17) is 0 Å². The number of amides is 1. The summed E-state index contributed by atoms with van der Waals surface area (Å²) in [6, 6.07) is 19.6. The van der Waals surface area contributed by atoms with Crippen molar-refractivity contribution in [3.8, 4) is 0 Å². The van der Waals surface area contributed by atoms with Crippen LogP contribution in [0.3, 0.4) is 0 Å². The summed E-state index contributed by atoms with van der Waals surface area (Å²) < 4.78 is 28.7. The van der Waals surface area contributed by atoms with Crippen molar-refractivity contribution in [1.82, 2.24) is 14.9 Å². The molecule has 0 aliphatic heterocycles. The third kappa shape index (κ3) is 5.94. The second kappa shape index (κ2) is 10.3. The van der Waals surface area contributed by atoms with E-state index in [2.05, 4.69) is 14.9 Å². The second-order valence-corrected chi connectivity index (χ2v) is 10.3. The van der Waals surface area contributed by atoms with Crippen LogP contribution in [0.2, 0.25) is 0 Å². The summed E-state index contributed by atoms with van der Waals surface area (Å²) in [5.41, 5.74) is 2.13. The Kier molecular flexibility index (Phi) is 7.66. The smallest absolute Gasteiger partial charge is 0.241 e. The highest BCUT2D eigenvalue weighted by Crippen LogP contribution is 2.20. The van der Waals surface area contributed by atoms with Crippen LogP contribution in [0, 0.1) is 5.92 Å². The largest absolute Gasteiger partial charge is 0.351 e. The van der Waals surface area contributed by atoms with Crippen molar-refractivity contribution in [2.75, 3.05) is 14.1 Å². The number of fused-ring (bicyclic) bond motifs is 1. The summed E-state index contributed by atoms with van der Waals surface area (Å²) >= 11 is 0. The van der Waals surface area contributed by atoms with E-state index in [0.29, 0.717) is 6.54 Å². The van der Waals surface area contributed by atoms with Gasteiger partial charge in [-0.05, 0) is 54.0 Å². The van der Waals surface area contributed by atoms with E-state index in [9.17, 15) is 13.2 Å². The predicted octanol–water partition coefficient (Wildman–Crippen LogP) is 3.52. The first-order valence-electron chi connectivity index (χ1n) is 10.7. The van der Waals surface area contributed by atoms with Gasteiger partial charge < -0.3 is 10.2 Å². The molecule has 0 radical (unpaired) electrons. The quantitative estimate of drug-likeness (QED) is 0.520. The van der Waals surface area contributed by atoms with Crippen LogP contribution in [-0.4, -0.2) is 39.4 Å². The highest BCUT2D eigenvalue weighted by molar-refractivity contribution is 7.89. The van der Waals surface area contributed by atoms with Crippen molar-refractivity contribution in [3.05, 3.63) is 77.9 Å². The zero-order chi connectivity index (χ0) is 23.3. The summed E-state index contributed by atoms with van der Waals surface area (Å²) in [6.07, 6.45) is 0. The van der Waals surface area contributed by atoms with Crippen molar-refractivity contribution in [2.45, 2.75) is 37.9 Å². The number of sulfonamides is 1. The van der Waals surface area contributed by atoms with Gasteiger partial charge in [0.1, 0.15) is 6.04 Å². The van der Waals surface area contributed by atoms with Gasteiger partial charge in [-0.15, -0.1) is 0 Å². The topological polar surface area (TPSA) is 78.5 Å². The van der Waals surface area contributed by atoms with E-state index >= 15 is 0 Å². The molecule has 0 unspecified atom stereocenters. The molecule has 0 bridgehead atoms. The molecule has 0 saturated carbocycles. The molecule has 0 aromatic heterocycles. The van der Waals surface area contributed by atoms with E-state index in [0.717, 1.165) is 28.4 Å².